The lowest BCUT2D eigenvalue weighted by atomic mass is 10.1. The molecule has 0 bridgehead atoms. The molecule has 0 aliphatic rings. The monoisotopic (exact) mass is 360 g/mol. The third-order valence-corrected chi connectivity index (χ3v) is 5.33. The summed E-state index contributed by atoms with van der Waals surface area (Å²) < 4.78 is 25.6. The predicted molar refractivity (Wildman–Crippen MR) is 103 cm³/mol. The van der Waals surface area contributed by atoms with Gasteiger partial charge in [0.05, 0.1) is 11.9 Å². The minimum Gasteiger partial charge on any atom is -0.324 e. The summed E-state index contributed by atoms with van der Waals surface area (Å²) in [6.07, 6.45) is 1.11. The van der Waals surface area contributed by atoms with Crippen LogP contribution >= 0.6 is 0 Å². The Labute approximate surface area is 149 Å². The number of hydrogen-bond donors (Lipinski definition) is 1. The van der Waals surface area contributed by atoms with Crippen molar-refractivity contribution in [1.82, 2.24) is 0 Å². The zero-order valence-electron chi connectivity index (χ0n) is 15.3. The molecule has 0 aliphatic heterocycles. The first-order valence-electron chi connectivity index (χ1n) is 8.00. The molecule has 0 aliphatic carbocycles. The van der Waals surface area contributed by atoms with Gasteiger partial charge < -0.3 is 5.32 Å². The molecule has 0 radical (unpaired) electrons. The van der Waals surface area contributed by atoms with Crippen molar-refractivity contribution >= 4 is 27.3 Å². The smallest absolute Gasteiger partial charge is 0.245 e. The van der Waals surface area contributed by atoms with Crippen LogP contribution in [0.2, 0.25) is 0 Å². The van der Waals surface area contributed by atoms with Crippen LogP contribution in [0.1, 0.15) is 22.3 Å². The van der Waals surface area contributed by atoms with E-state index in [1.165, 1.54) is 0 Å². The van der Waals surface area contributed by atoms with Gasteiger partial charge in [0.25, 0.3) is 0 Å². The summed E-state index contributed by atoms with van der Waals surface area (Å²) in [5.41, 5.74) is 4.98. The maximum absolute atomic E-state index is 12.5. The van der Waals surface area contributed by atoms with Crippen molar-refractivity contribution in [1.29, 1.82) is 0 Å². The summed E-state index contributed by atoms with van der Waals surface area (Å²) in [5, 5.41) is 2.81. The summed E-state index contributed by atoms with van der Waals surface area (Å²) in [6, 6.07) is 11.2. The fourth-order valence-corrected chi connectivity index (χ4v) is 3.48. The van der Waals surface area contributed by atoms with Crippen LogP contribution in [0.3, 0.4) is 0 Å². The van der Waals surface area contributed by atoms with Gasteiger partial charge in [0.1, 0.15) is 6.54 Å². The second-order valence-corrected chi connectivity index (χ2v) is 8.26. The van der Waals surface area contributed by atoms with Gasteiger partial charge in [0.2, 0.25) is 15.9 Å². The maximum Gasteiger partial charge on any atom is 0.245 e. The average Bonchev–Trinajstić information content (AvgIpc) is 2.51. The lowest BCUT2D eigenvalue weighted by Crippen LogP contribution is -2.38. The molecule has 0 saturated carbocycles. The van der Waals surface area contributed by atoms with E-state index in [1.54, 1.807) is 12.1 Å². The van der Waals surface area contributed by atoms with Crippen molar-refractivity contribution < 1.29 is 13.2 Å². The van der Waals surface area contributed by atoms with E-state index >= 15 is 0 Å². The molecule has 0 heterocycles. The van der Waals surface area contributed by atoms with E-state index in [2.05, 4.69) is 5.32 Å². The normalized spacial score (nSPS) is 11.2. The first-order chi connectivity index (χ1) is 11.6. The van der Waals surface area contributed by atoms with Crippen LogP contribution in [0.25, 0.3) is 0 Å². The third-order valence-electron chi connectivity index (χ3n) is 4.20. The standard InChI is InChI=1S/C19H24N2O3S/c1-13-9-10-15(3)17(11-13)20-19(22)12-21(25(5,23)24)18-8-6-7-14(2)16(18)4/h6-11H,12H2,1-5H3,(H,20,22). The maximum atomic E-state index is 12.5. The number of aryl methyl sites for hydroxylation is 3. The second-order valence-electron chi connectivity index (χ2n) is 6.36. The molecular formula is C19H24N2O3S. The fourth-order valence-electron chi connectivity index (χ4n) is 2.58. The number of hydrogen-bond acceptors (Lipinski definition) is 3. The van der Waals surface area contributed by atoms with Crippen molar-refractivity contribution in [2.75, 3.05) is 22.4 Å². The van der Waals surface area contributed by atoms with E-state index in [0.717, 1.165) is 32.8 Å². The van der Waals surface area contributed by atoms with Gasteiger partial charge in [-0.15, -0.1) is 0 Å². The van der Waals surface area contributed by atoms with Gasteiger partial charge >= 0.3 is 0 Å². The number of sulfonamides is 1. The highest BCUT2D eigenvalue weighted by atomic mass is 32.2. The number of nitrogens with one attached hydrogen (secondary N) is 1. The van der Waals surface area contributed by atoms with Gasteiger partial charge in [-0.25, -0.2) is 8.42 Å². The van der Waals surface area contributed by atoms with Crippen LogP contribution in [-0.2, 0) is 14.8 Å². The van der Waals surface area contributed by atoms with E-state index < -0.39 is 10.0 Å². The first-order valence-corrected chi connectivity index (χ1v) is 9.85. The number of carbonyl (C=O) groups excluding carboxylic acids is 1. The third kappa shape index (κ3) is 4.60. The van der Waals surface area contributed by atoms with Crippen molar-refractivity contribution in [3.8, 4) is 0 Å². The molecule has 2 aromatic rings. The Morgan fingerprint density at radius 2 is 1.72 bits per heavy atom. The zero-order chi connectivity index (χ0) is 18.8. The van der Waals surface area contributed by atoms with Gasteiger partial charge in [-0.05, 0) is 62.1 Å². The molecule has 0 aromatic heterocycles. The van der Waals surface area contributed by atoms with Crippen molar-refractivity contribution in [3.63, 3.8) is 0 Å². The number of benzene rings is 2. The van der Waals surface area contributed by atoms with E-state index in [4.69, 9.17) is 0 Å². The van der Waals surface area contributed by atoms with Crippen molar-refractivity contribution in [2.45, 2.75) is 27.7 Å². The Bertz CT molecular complexity index is 905. The van der Waals surface area contributed by atoms with Crippen molar-refractivity contribution in [2.24, 2.45) is 0 Å². The summed E-state index contributed by atoms with van der Waals surface area (Å²) in [4.78, 5) is 12.5. The Morgan fingerprint density at radius 1 is 1.04 bits per heavy atom. The molecule has 5 nitrogen and oxygen atoms in total. The van der Waals surface area contributed by atoms with E-state index in [0.29, 0.717) is 11.4 Å². The lowest BCUT2D eigenvalue weighted by Gasteiger charge is -2.24. The number of anilines is 2. The molecular weight excluding hydrogens is 336 g/mol. The molecule has 1 N–H and O–H groups in total. The number of rotatable bonds is 5. The molecule has 2 aromatic carbocycles. The summed E-state index contributed by atoms with van der Waals surface area (Å²) >= 11 is 0. The van der Waals surface area contributed by atoms with Crippen LogP contribution in [0.4, 0.5) is 11.4 Å². The van der Waals surface area contributed by atoms with Crippen LogP contribution in [0, 0.1) is 27.7 Å². The number of amides is 1. The molecule has 0 spiro atoms. The largest absolute Gasteiger partial charge is 0.324 e. The van der Waals surface area contributed by atoms with Gasteiger partial charge in [-0.1, -0.05) is 24.3 Å². The van der Waals surface area contributed by atoms with E-state index in [1.807, 2.05) is 52.0 Å². The number of carbonyl (C=O) groups is 1. The minimum atomic E-state index is -3.59. The Kier molecular flexibility index (Phi) is 5.52. The highest BCUT2D eigenvalue weighted by Crippen LogP contribution is 2.25. The van der Waals surface area contributed by atoms with Gasteiger partial charge in [0, 0.05) is 5.69 Å². The SMILES string of the molecule is Cc1ccc(C)c(NC(=O)CN(c2cccc(C)c2C)S(C)(=O)=O)c1. The van der Waals surface area contributed by atoms with Crippen molar-refractivity contribution in [3.05, 3.63) is 58.7 Å². The topological polar surface area (TPSA) is 66.5 Å². The summed E-state index contributed by atoms with van der Waals surface area (Å²) in [5.74, 6) is -0.375. The van der Waals surface area contributed by atoms with Gasteiger partial charge in [0.15, 0.2) is 0 Å². The van der Waals surface area contributed by atoms with E-state index in [9.17, 15) is 13.2 Å². The van der Waals surface area contributed by atoms with Crippen LogP contribution in [0.5, 0.6) is 0 Å². The Morgan fingerprint density at radius 3 is 2.36 bits per heavy atom. The highest BCUT2D eigenvalue weighted by Gasteiger charge is 2.23. The molecule has 0 atom stereocenters. The molecule has 134 valence electrons. The Hall–Kier alpha value is -2.34. The lowest BCUT2D eigenvalue weighted by molar-refractivity contribution is -0.114. The molecule has 6 heteroatoms. The van der Waals surface area contributed by atoms with Crippen LogP contribution in [0.15, 0.2) is 36.4 Å². The molecule has 1 amide bonds. The fraction of sp³-hybridized carbons (Fsp3) is 0.316. The molecule has 0 saturated heterocycles. The molecule has 2 rings (SSSR count). The second kappa shape index (κ2) is 7.27. The average molecular weight is 360 g/mol. The Balaban J connectivity index is 2.30. The summed E-state index contributed by atoms with van der Waals surface area (Å²) in [7, 11) is -3.59. The van der Waals surface area contributed by atoms with Crippen LogP contribution in [-0.4, -0.2) is 27.1 Å². The predicted octanol–water partition coefficient (Wildman–Crippen LogP) is 3.32. The van der Waals surface area contributed by atoms with Crippen LogP contribution < -0.4 is 9.62 Å². The van der Waals surface area contributed by atoms with E-state index in [-0.39, 0.29) is 12.5 Å². The van der Waals surface area contributed by atoms with Gasteiger partial charge in [-0.2, -0.15) is 0 Å². The zero-order valence-corrected chi connectivity index (χ0v) is 16.1. The number of nitrogens with zero attached hydrogens (tertiary/aromatic N) is 1. The highest BCUT2D eigenvalue weighted by molar-refractivity contribution is 7.92. The minimum absolute atomic E-state index is 0.267. The first kappa shape index (κ1) is 19.0. The molecule has 0 unspecified atom stereocenters. The molecule has 25 heavy (non-hydrogen) atoms. The summed E-state index contributed by atoms with van der Waals surface area (Å²) in [6.45, 7) is 7.33. The van der Waals surface area contributed by atoms with Gasteiger partial charge in [-0.3, -0.25) is 9.10 Å². The molecule has 0 fully saturated rings. The quantitative estimate of drug-likeness (QED) is 0.889.